The van der Waals surface area contributed by atoms with Crippen molar-refractivity contribution in [3.8, 4) is 0 Å². The minimum atomic E-state index is -1.84. The van der Waals surface area contributed by atoms with Crippen molar-refractivity contribution in [3.05, 3.63) is 81.5 Å². The molecule has 1 fully saturated rings. The Morgan fingerprint density at radius 3 is 2.23 bits per heavy atom. The number of carbonyl (C=O) groups is 3. The number of primary amides is 2. The lowest BCUT2D eigenvalue weighted by Crippen LogP contribution is -2.62. The highest BCUT2D eigenvalue weighted by atomic mass is 79.9. The molecule has 1 heterocycles. The van der Waals surface area contributed by atoms with E-state index < -0.39 is 40.7 Å². The number of rotatable bonds is 5. The minimum absolute atomic E-state index is 0.148. The van der Waals surface area contributed by atoms with Crippen LogP contribution in [0.15, 0.2) is 58.7 Å². The largest absolute Gasteiger partial charge is 0.367 e. The van der Waals surface area contributed by atoms with Crippen LogP contribution in [0.5, 0.6) is 0 Å². The van der Waals surface area contributed by atoms with Crippen molar-refractivity contribution in [2.75, 3.05) is 0 Å². The Balaban J connectivity index is 2.08. The van der Waals surface area contributed by atoms with E-state index in [1.54, 1.807) is 4.90 Å². The van der Waals surface area contributed by atoms with Crippen LogP contribution < -0.4 is 11.5 Å². The lowest BCUT2D eigenvalue weighted by atomic mass is 9.67. The van der Waals surface area contributed by atoms with Crippen LogP contribution in [0.3, 0.4) is 0 Å². The second-order valence-electron chi connectivity index (χ2n) is 7.65. The van der Waals surface area contributed by atoms with Crippen LogP contribution in [-0.2, 0) is 19.9 Å². The monoisotopic (exact) mass is 489 g/mol. The number of benzene rings is 2. The van der Waals surface area contributed by atoms with Gasteiger partial charge in [-0.15, -0.1) is 0 Å². The smallest absolute Gasteiger partial charge is 0.253 e. The van der Waals surface area contributed by atoms with Crippen LogP contribution in [-0.4, -0.2) is 28.5 Å². The third kappa shape index (κ3) is 3.33. The van der Waals surface area contributed by atoms with E-state index in [1.165, 1.54) is 30.5 Å². The molecule has 6 nitrogen and oxygen atoms in total. The molecular formula is C22H18BrF2N3O3. The zero-order chi connectivity index (χ0) is 22.5. The first-order valence-corrected chi connectivity index (χ1v) is 10.3. The average Bonchev–Trinajstić information content (AvgIpc) is 3.55. The molecule has 1 aliphatic heterocycles. The lowest BCUT2D eigenvalue weighted by molar-refractivity contribution is -0.139. The van der Waals surface area contributed by atoms with E-state index in [9.17, 15) is 23.2 Å². The molecule has 2 aromatic carbocycles. The molecule has 4 rings (SSSR count). The van der Waals surface area contributed by atoms with Crippen molar-refractivity contribution in [1.29, 1.82) is 0 Å². The van der Waals surface area contributed by atoms with E-state index in [1.807, 2.05) is 0 Å². The molecule has 0 saturated heterocycles. The summed E-state index contributed by atoms with van der Waals surface area (Å²) in [7, 11) is 0. The predicted molar refractivity (Wildman–Crippen MR) is 111 cm³/mol. The standard InChI is InChI=1S/C22H18BrF2N3O3/c23-16-8-3-12(9-17(16)25)22(21(27)31)18(11-1-4-13(24)5-2-11)19(29)15(20(26)30)10-28(22)14-6-7-14/h1-5,8-10,14,18H,6-7H2,(H2,26,30)(H2,27,31). The number of halogens is 3. The normalized spacial score (nSPS) is 23.5. The van der Waals surface area contributed by atoms with E-state index in [0.717, 1.165) is 18.2 Å². The number of carbonyl (C=O) groups excluding carboxylic acids is 3. The maximum Gasteiger partial charge on any atom is 0.253 e. The van der Waals surface area contributed by atoms with Gasteiger partial charge in [0.15, 0.2) is 11.3 Å². The molecule has 4 N–H and O–H groups in total. The Labute approximate surface area is 185 Å². The van der Waals surface area contributed by atoms with Gasteiger partial charge in [0.05, 0.1) is 16.0 Å². The summed E-state index contributed by atoms with van der Waals surface area (Å²) in [5.74, 6) is -5.12. The van der Waals surface area contributed by atoms with Crippen LogP contribution in [0, 0.1) is 11.6 Å². The number of ketones is 1. The van der Waals surface area contributed by atoms with E-state index in [-0.39, 0.29) is 27.2 Å². The maximum atomic E-state index is 14.6. The van der Waals surface area contributed by atoms with Crippen molar-refractivity contribution >= 4 is 33.5 Å². The average molecular weight is 490 g/mol. The second-order valence-corrected chi connectivity index (χ2v) is 8.51. The molecule has 0 radical (unpaired) electrons. The summed E-state index contributed by atoms with van der Waals surface area (Å²) in [4.78, 5) is 40.3. The van der Waals surface area contributed by atoms with Crippen molar-refractivity contribution in [2.24, 2.45) is 11.5 Å². The number of hydrogen-bond donors (Lipinski definition) is 2. The number of nitrogens with zero attached hydrogens (tertiary/aromatic N) is 1. The fourth-order valence-corrected chi connectivity index (χ4v) is 4.49. The van der Waals surface area contributed by atoms with Gasteiger partial charge in [0.25, 0.3) is 5.91 Å². The van der Waals surface area contributed by atoms with Crippen molar-refractivity contribution in [3.63, 3.8) is 0 Å². The topological polar surface area (TPSA) is 106 Å². The predicted octanol–water partition coefficient (Wildman–Crippen LogP) is 2.61. The number of Topliss-reactive ketones (excluding diaryl/α,β-unsaturated/α-hetero) is 1. The van der Waals surface area contributed by atoms with E-state index in [2.05, 4.69) is 15.9 Å². The molecule has 2 unspecified atom stereocenters. The van der Waals surface area contributed by atoms with Gasteiger partial charge in [0.1, 0.15) is 11.6 Å². The Bertz CT molecular complexity index is 1130. The number of nitrogens with two attached hydrogens (primary N) is 2. The fraction of sp³-hybridized carbons (Fsp3) is 0.227. The molecule has 160 valence electrons. The molecule has 0 bridgehead atoms. The second kappa shape index (κ2) is 7.56. The van der Waals surface area contributed by atoms with Crippen LogP contribution in [0.2, 0.25) is 0 Å². The summed E-state index contributed by atoms with van der Waals surface area (Å²) in [6.45, 7) is 0. The van der Waals surface area contributed by atoms with Crippen LogP contribution in [0.25, 0.3) is 0 Å². The summed E-state index contributed by atoms with van der Waals surface area (Å²) in [5, 5.41) is 0. The van der Waals surface area contributed by atoms with E-state index in [4.69, 9.17) is 11.5 Å². The SMILES string of the molecule is NC(=O)C1=CN(C2CC2)C(C(N)=O)(c2ccc(Br)c(F)c2)C(c2ccc(F)cc2)C1=O. The summed E-state index contributed by atoms with van der Waals surface area (Å²) in [5.41, 5.74) is 9.66. The highest BCUT2D eigenvalue weighted by molar-refractivity contribution is 9.10. The van der Waals surface area contributed by atoms with E-state index in [0.29, 0.717) is 12.8 Å². The summed E-state index contributed by atoms with van der Waals surface area (Å²) >= 11 is 3.09. The molecule has 1 saturated carbocycles. The molecule has 2 aliphatic rings. The third-order valence-corrected chi connectivity index (χ3v) is 6.41. The molecule has 2 atom stereocenters. The summed E-state index contributed by atoms with van der Waals surface area (Å²) in [6.07, 6.45) is 2.62. The van der Waals surface area contributed by atoms with Crippen molar-refractivity contribution < 1.29 is 23.2 Å². The zero-order valence-electron chi connectivity index (χ0n) is 16.1. The summed E-state index contributed by atoms with van der Waals surface area (Å²) < 4.78 is 28.3. The first-order valence-electron chi connectivity index (χ1n) is 9.53. The first-order chi connectivity index (χ1) is 14.7. The van der Waals surface area contributed by atoms with Gasteiger partial charge in [-0.1, -0.05) is 18.2 Å². The van der Waals surface area contributed by atoms with E-state index >= 15 is 0 Å². The van der Waals surface area contributed by atoms with Crippen molar-refractivity contribution in [1.82, 2.24) is 4.90 Å². The lowest BCUT2D eigenvalue weighted by Gasteiger charge is -2.49. The fourth-order valence-electron chi connectivity index (χ4n) is 4.24. The Morgan fingerprint density at radius 2 is 1.71 bits per heavy atom. The van der Waals surface area contributed by atoms with Crippen LogP contribution >= 0.6 is 15.9 Å². The Morgan fingerprint density at radius 1 is 1.06 bits per heavy atom. The number of amides is 2. The van der Waals surface area contributed by atoms with Gasteiger partial charge in [-0.2, -0.15) is 0 Å². The first kappa shape index (κ1) is 21.2. The van der Waals surface area contributed by atoms with Gasteiger partial charge >= 0.3 is 0 Å². The van der Waals surface area contributed by atoms with Gasteiger partial charge in [-0.05, 0) is 64.2 Å². The molecule has 9 heteroatoms. The molecule has 2 aromatic rings. The van der Waals surface area contributed by atoms with Crippen LogP contribution in [0.1, 0.15) is 29.9 Å². The molecule has 2 amide bonds. The maximum absolute atomic E-state index is 14.6. The quantitative estimate of drug-likeness (QED) is 0.629. The van der Waals surface area contributed by atoms with Gasteiger partial charge in [-0.25, -0.2) is 8.78 Å². The molecule has 31 heavy (non-hydrogen) atoms. The molecular weight excluding hydrogens is 472 g/mol. The molecule has 0 aromatic heterocycles. The van der Waals surface area contributed by atoms with Crippen LogP contribution in [0.4, 0.5) is 8.78 Å². The highest BCUT2D eigenvalue weighted by Crippen LogP contribution is 2.51. The van der Waals surface area contributed by atoms with Gasteiger partial charge < -0.3 is 16.4 Å². The number of hydrogen-bond acceptors (Lipinski definition) is 4. The Hall–Kier alpha value is -3.07. The van der Waals surface area contributed by atoms with Gasteiger partial charge in [0, 0.05) is 12.2 Å². The summed E-state index contributed by atoms with van der Waals surface area (Å²) in [6, 6.07) is 8.82. The highest BCUT2D eigenvalue weighted by Gasteiger charge is 2.60. The van der Waals surface area contributed by atoms with Crippen molar-refractivity contribution in [2.45, 2.75) is 30.3 Å². The van der Waals surface area contributed by atoms with Gasteiger partial charge in [-0.3, -0.25) is 14.4 Å². The Kier molecular flexibility index (Phi) is 5.17. The molecule has 1 aliphatic carbocycles. The minimum Gasteiger partial charge on any atom is -0.367 e. The zero-order valence-corrected chi connectivity index (χ0v) is 17.7. The third-order valence-electron chi connectivity index (χ3n) is 5.77. The molecule has 0 spiro atoms. The van der Waals surface area contributed by atoms with Gasteiger partial charge in [0.2, 0.25) is 5.91 Å².